The van der Waals surface area contributed by atoms with Crippen molar-refractivity contribution >= 4 is 5.91 Å². The third-order valence-electron chi connectivity index (χ3n) is 7.39. The summed E-state index contributed by atoms with van der Waals surface area (Å²) >= 11 is 0. The van der Waals surface area contributed by atoms with Gasteiger partial charge in [-0.05, 0) is 66.0 Å². The molecule has 0 bridgehead atoms. The van der Waals surface area contributed by atoms with Gasteiger partial charge in [0.15, 0.2) is 0 Å². The first-order valence-corrected chi connectivity index (χ1v) is 12.3. The van der Waals surface area contributed by atoms with Crippen LogP contribution in [0.3, 0.4) is 0 Å². The molecule has 1 amide bonds. The number of carbonyl (C=O) groups is 1. The van der Waals surface area contributed by atoms with E-state index in [1.54, 1.807) is 26.2 Å². The number of hydrogen-bond acceptors (Lipinski definition) is 4. The van der Waals surface area contributed by atoms with Gasteiger partial charge >= 0.3 is 0 Å². The first-order valence-electron chi connectivity index (χ1n) is 12.3. The Hall–Kier alpha value is -3.54. The Balaban J connectivity index is 1.61. The summed E-state index contributed by atoms with van der Waals surface area (Å²) in [5, 5.41) is 3.46. The highest BCUT2D eigenvalue weighted by molar-refractivity contribution is 5.73. The molecule has 1 fully saturated rings. The summed E-state index contributed by atoms with van der Waals surface area (Å²) in [6.07, 6.45) is 4.18. The average molecular weight is 472 g/mol. The first kappa shape index (κ1) is 24.6. The van der Waals surface area contributed by atoms with E-state index < -0.39 is 6.04 Å². The van der Waals surface area contributed by atoms with Gasteiger partial charge in [0.2, 0.25) is 11.5 Å². The quantitative estimate of drug-likeness (QED) is 0.430. The Morgan fingerprint density at radius 2 is 1.66 bits per heavy atom. The maximum absolute atomic E-state index is 12.0. The molecular weight excluding hydrogens is 438 g/mol. The van der Waals surface area contributed by atoms with Gasteiger partial charge in [0.25, 0.3) is 0 Å². The molecule has 0 aliphatic carbocycles. The van der Waals surface area contributed by atoms with E-state index in [1.165, 1.54) is 27.3 Å². The highest BCUT2D eigenvalue weighted by atomic mass is 16.3. The number of aromatic nitrogens is 1. The van der Waals surface area contributed by atoms with Crippen LogP contribution in [-0.2, 0) is 11.8 Å². The van der Waals surface area contributed by atoms with Crippen molar-refractivity contribution in [1.82, 2.24) is 9.47 Å². The smallest absolute Gasteiger partial charge is 0.250 e. The highest BCUT2D eigenvalue weighted by Crippen LogP contribution is 2.38. The molecule has 0 radical (unpaired) electrons. The predicted molar refractivity (Wildman–Crippen MR) is 139 cm³/mol. The second kappa shape index (κ2) is 10.8. The fraction of sp³-hybridized carbons (Fsp3) is 0.379. The summed E-state index contributed by atoms with van der Waals surface area (Å²) in [6, 6.07) is 19.6. The molecule has 1 saturated heterocycles. The second-order valence-electron chi connectivity index (χ2n) is 9.62. The molecule has 2 unspecified atom stereocenters. The number of hydrogen-bond donors (Lipinski definition) is 0. The summed E-state index contributed by atoms with van der Waals surface area (Å²) < 4.78 is 1.49. The number of rotatable bonds is 7. The lowest BCUT2D eigenvalue weighted by Gasteiger charge is -2.31. The third-order valence-corrected chi connectivity index (χ3v) is 7.39. The Kier molecular flexibility index (Phi) is 7.59. The zero-order valence-corrected chi connectivity index (χ0v) is 20.7. The maximum atomic E-state index is 12.0. The van der Waals surface area contributed by atoms with Crippen LogP contribution in [0.4, 0.5) is 0 Å². The van der Waals surface area contributed by atoms with Crippen LogP contribution in [0.1, 0.15) is 71.9 Å². The van der Waals surface area contributed by atoms with Gasteiger partial charge < -0.3 is 9.47 Å². The van der Waals surface area contributed by atoms with Gasteiger partial charge in [-0.15, -0.1) is 0 Å². The molecule has 0 spiro atoms. The fourth-order valence-electron chi connectivity index (χ4n) is 5.22. The lowest BCUT2D eigenvalue weighted by Crippen LogP contribution is -2.36. The summed E-state index contributed by atoms with van der Waals surface area (Å²) in [5.41, 5.74) is 5.41. The van der Waals surface area contributed by atoms with Crippen LogP contribution < -0.4 is 5.56 Å². The first-order chi connectivity index (χ1) is 16.9. The van der Waals surface area contributed by atoms with Crippen molar-refractivity contribution in [3.63, 3.8) is 0 Å². The van der Waals surface area contributed by atoms with Crippen molar-refractivity contribution in [3.05, 3.63) is 110 Å². The van der Waals surface area contributed by atoms with Gasteiger partial charge in [-0.1, -0.05) is 53.7 Å². The number of nitroso groups, excluding NO2 is 1. The van der Waals surface area contributed by atoms with Crippen LogP contribution >= 0.6 is 0 Å². The van der Waals surface area contributed by atoms with Crippen molar-refractivity contribution in [2.45, 2.75) is 51.0 Å². The molecule has 6 nitrogen and oxygen atoms in total. The lowest BCUT2D eigenvalue weighted by atomic mass is 9.81. The Morgan fingerprint density at radius 3 is 2.26 bits per heavy atom. The van der Waals surface area contributed by atoms with E-state index >= 15 is 0 Å². The van der Waals surface area contributed by atoms with Crippen molar-refractivity contribution < 1.29 is 4.79 Å². The highest BCUT2D eigenvalue weighted by Gasteiger charge is 2.25. The number of amides is 1. The number of pyridine rings is 1. The minimum Gasteiger partial charge on any atom is -0.343 e. The van der Waals surface area contributed by atoms with Crippen LogP contribution in [-0.4, -0.2) is 28.5 Å². The zero-order valence-electron chi connectivity index (χ0n) is 20.7. The summed E-state index contributed by atoms with van der Waals surface area (Å²) in [6.45, 7) is 5.34. The van der Waals surface area contributed by atoms with Crippen LogP contribution in [0, 0.1) is 11.8 Å². The van der Waals surface area contributed by atoms with E-state index in [0.717, 1.165) is 37.1 Å². The second-order valence-corrected chi connectivity index (χ2v) is 9.62. The monoisotopic (exact) mass is 471 g/mol. The predicted octanol–water partition coefficient (Wildman–Crippen LogP) is 5.45. The molecule has 3 aromatic rings. The largest absolute Gasteiger partial charge is 0.343 e. The third kappa shape index (κ3) is 5.59. The zero-order chi connectivity index (χ0) is 24.9. The summed E-state index contributed by atoms with van der Waals surface area (Å²) in [5.74, 6) is 0.591. The Bertz CT molecular complexity index is 1240. The maximum Gasteiger partial charge on any atom is 0.250 e. The number of carbonyl (C=O) groups excluding carboxylic acids is 1. The van der Waals surface area contributed by atoms with Gasteiger partial charge in [0, 0.05) is 45.2 Å². The van der Waals surface area contributed by atoms with Crippen molar-refractivity contribution in [3.8, 4) is 0 Å². The molecular formula is C29H33N3O3. The van der Waals surface area contributed by atoms with Gasteiger partial charge in [-0.2, -0.15) is 4.91 Å². The number of piperidine rings is 1. The number of likely N-dealkylation sites (tertiary alicyclic amines) is 1. The molecule has 182 valence electrons. The van der Waals surface area contributed by atoms with Crippen LogP contribution in [0.25, 0.3) is 0 Å². The van der Waals surface area contributed by atoms with E-state index in [-0.39, 0.29) is 17.4 Å². The molecule has 2 atom stereocenters. The minimum absolute atomic E-state index is 0.00950. The van der Waals surface area contributed by atoms with Crippen LogP contribution in [0.5, 0.6) is 0 Å². The molecule has 4 rings (SSSR count). The van der Waals surface area contributed by atoms with E-state index in [0.29, 0.717) is 12.3 Å². The lowest BCUT2D eigenvalue weighted by molar-refractivity contribution is -0.129. The topological polar surface area (TPSA) is 71.7 Å². The Labute approximate surface area is 206 Å². The summed E-state index contributed by atoms with van der Waals surface area (Å²) in [4.78, 5) is 37.4. The van der Waals surface area contributed by atoms with Crippen molar-refractivity contribution in [1.29, 1.82) is 0 Å². The average Bonchev–Trinajstić information content (AvgIpc) is 2.87. The molecule has 1 aliphatic heterocycles. The molecule has 2 heterocycles. The van der Waals surface area contributed by atoms with Gasteiger partial charge in [-0.3, -0.25) is 9.59 Å². The fourth-order valence-corrected chi connectivity index (χ4v) is 5.22. The number of nitrogens with zero attached hydrogens (tertiary/aromatic N) is 3. The van der Waals surface area contributed by atoms with Crippen LogP contribution in [0.15, 0.2) is 76.8 Å². The van der Waals surface area contributed by atoms with Gasteiger partial charge in [0.1, 0.15) is 6.04 Å². The van der Waals surface area contributed by atoms with E-state index in [2.05, 4.69) is 48.5 Å². The normalized spacial score (nSPS) is 16.0. The molecule has 6 heteroatoms. The number of aryl methyl sites for hydroxylation is 2. The summed E-state index contributed by atoms with van der Waals surface area (Å²) in [7, 11) is 1.69. The molecule has 0 N–H and O–H groups in total. The molecule has 1 aliphatic rings. The van der Waals surface area contributed by atoms with Crippen molar-refractivity contribution in [2.24, 2.45) is 12.2 Å². The van der Waals surface area contributed by atoms with E-state index in [4.69, 9.17) is 0 Å². The van der Waals surface area contributed by atoms with E-state index in [9.17, 15) is 14.5 Å². The molecule has 2 aromatic carbocycles. The minimum atomic E-state index is -0.568. The molecule has 1 aromatic heterocycles. The SMILES string of the molecule is CC(=O)N1CCC(c2ccc(C(CC(N=O)c3ccc(=O)n(C)c3)c3ccccc3C)cc2)CC1. The van der Waals surface area contributed by atoms with Gasteiger partial charge in [0.05, 0.1) is 0 Å². The van der Waals surface area contributed by atoms with E-state index in [1.807, 2.05) is 17.0 Å². The van der Waals surface area contributed by atoms with Crippen molar-refractivity contribution in [2.75, 3.05) is 13.1 Å². The molecule has 0 saturated carbocycles. The Morgan fingerprint density at radius 1 is 1.00 bits per heavy atom. The van der Waals surface area contributed by atoms with Crippen LogP contribution in [0.2, 0.25) is 0 Å². The van der Waals surface area contributed by atoms with Gasteiger partial charge in [-0.25, -0.2) is 0 Å². The standard InChI is InChI=1S/C29H33N3O3/c1-20-6-4-5-7-26(20)27(18-28(30-35)25-12-13-29(34)31(3)19-25)24-10-8-22(9-11-24)23-14-16-32(17-15-23)21(2)33/h4-13,19,23,27-28H,14-18H2,1-3H3. The number of benzene rings is 2. The molecule has 35 heavy (non-hydrogen) atoms.